The molecule has 3 aromatic carbocycles. The zero-order chi connectivity index (χ0) is 68.1. The average Bonchev–Trinajstić information content (AvgIpc) is 1.66. The van der Waals surface area contributed by atoms with Gasteiger partial charge in [0.2, 0.25) is 35.4 Å². The van der Waals surface area contributed by atoms with E-state index < -0.39 is 35.7 Å². The Balaban J connectivity index is 0.000000455. The number of benzene rings is 3. The number of carbonyl (C=O) groups is 10. The molecular weight excluding hydrogens is 1340 g/mol. The van der Waals surface area contributed by atoms with Crippen LogP contribution in [-0.2, 0) is 111 Å². The summed E-state index contributed by atoms with van der Waals surface area (Å²) in [6.45, 7) is 6.57. The number of carbonyl (C=O) groups excluding carboxylic acids is 10. The lowest BCUT2D eigenvalue weighted by Gasteiger charge is -2.27. The van der Waals surface area contributed by atoms with E-state index in [-0.39, 0.29) is 114 Å². The SMILES string of the molecule is C.C=CC(N)=O.Cl.NC(=O)CCN1CCc2c(sc(CC(=O)Cc3ccc(Cl)cc3)c2C(N)=O)C1.NC(=O)CCN1CCc2c(sc(CC(=O)Cc3ccc(Cl)cc3)c2C(N)=O)C1.NC(=O)c1c(CC(=O)Cc2ccc(Cl)cc2)sc2c1CCN(C(=O)C(F)(F)F)C2.[2HH].[2H][2H]. The fraction of sp³-hybridized carbons (Fsp3) is 0.333. The van der Waals surface area contributed by atoms with Crippen molar-refractivity contribution in [2.45, 2.75) is 104 Å². The van der Waals surface area contributed by atoms with Crippen LogP contribution < -0.4 is 34.4 Å². The van der Waals surface area contributed by atoms with Crippen LogP contribution in [0.2, 0.25) is 15.1 Å². The Morgan fingerprint density at radius 2 is 0.783 bits per heavy atom. The van der Waals surface area contributed by atoms with Crippen molar-refractivity contribution in [2.75, 3.05) is 32.7 Å². The van der Waals surface area contributed by atoms with Crippen LogP contribution >= 0.6 is 81.2 Å². The molecule has 0 fully saturated rings. The third-order valence-electron chi connectivity index (χ3n) is 14.4. The predicted molar refractivity (Wildman–Crippen MR) is 358 cm³/mol. The van der Waals surface area contributed by atoms with Gasteiger partial charge in [-0.2, -0.15) is 13.2 Å². The quantitative estimate of drug-likeness (QED) is 0.0348. The third-order valence-corrected chi connectivity index (χ3v) is 18.8. The Hall–Kier alpha value is -7.33. The first kappa shape index (κ1) is 75.4. The minimum atomic E-state index is -4.96. The van der Waals surface area contributed by atoms with Crippen molar-refractivity contribution < 1.29 is 65.5 Å². The highest BCUT2D eigenvalue weighted by molar-refractivity contribution is 7.13. The first-order valence-electron chi connectivity index (χ1n) is 28.9. The molecule has 19 nitrogen and oxygen atoms in total. The molecule has 3 aliphatic heterocycles. The number of nitrogens with two attached hydrogens (primary N) is 6. The van der Waals surface area contributed by atoms with E-state index >= 15 is 0 Å². The summed E-state index contributed by atoms with van der Waals surface area (Å²) in [6.07, 6.45) is -0.891. The van der Waals surface area contributed by atoms with Crippen molar-refractivity contribution in [1.29, 1.82) is 0 Å². The molecule has 29 heteroatoms. The van der Waals surface area contributed by atoms with Crippen LogP contribution in [0.1, 0.15) is 118 Å². The number of amides is 7. The summed E-state index contributed by atoms with van der Waals surface area (Å²) in [6, 6.07) is 21.1. The summed E-state index contributed by atoms with van der Waals surface area (Å²) >= 11 is 21.6. The number of halogens is 7. The largest absolute Gasteiger partial charge is 0.471 e. The van der Waals surface area contributed by atoms with Crippen molar-refractivity contribution in [3.8, 4) is 0 Å². The van der Waals surface area contributed by atoms with Crippen LogP contribution in [0.3, 0.4) is 0 Å². The summed E-state index contributed by atoms with van der Waals surface area (Å²) in [5.41, 5.74) is 37.9. The minimum Gasteiger partial charge on any atom is -0.370 e. The van der Waals surface area contributed by atoms with Crippen molar-refractivity contribution in [2.24, 2.45) is 34.4 Å². The number of thiophene rings is 3. The Bertz CT molecular complexity index is 3560. The second-order valence-electron chi connectivity index (χ2n) is 21.1. The number of hydrogen-bond donors (Lipinski definition) is 6. The van der Waals surface area contributed by atoms with Gasteiger partial charge in [-0.15, -0.1) is 46.4 Å². The second-order valence-corrected chi connectivity index (χ2v) is 26.0. The molecule has 6 heterocycles. The van der Waals surface area contributed by atoms with Gasteiger partial charge in [0.25, 0.3) is 0 Å². The lowest BCUT2D eigenvalue weighted by atomic mass is 9.98. The summed E-state index contributed by atoms with van der Waals surface area (Å²) in [4.78, 5) is 126. The van der Waals surface area contributed by atoms with Gasteiger partial charge in [0.15, 0.2) is 0 Å². The lowest BCUT2D eigenvalue weighted by Crippen LogP contribution is -2.43. The number of hydrogen-bond acceptors (Lipinski definition) is 15. The van der Waals surface area contributed by atoms with Crippen LogP contribution in [0.4, 0.5) is 13.2 Å². The number of ketones is 3. The zero-order valence-electron chi connectivity index (χ0n) is 50.9. The van der Waals surface area contributed by atoms with Crippen LogP contribution in [0.5, 0.6) is 0 Å². The van der Waals surface area contributed by atoms with Crippen molar-refractivity contribution in [1.82, 2.24) is 14.7 Å². The standard InChI is InChI=1S/2C20H22ClN3O3S.C19H16ClF3N2O3S.C3H5NO.CH4.ClH.2H2/c2*21-13-3-1-12(2-4-13)9-14(25)10-16-19(20(23)27)15-5-7-24(8-6-18(22)26)11-17(15)28-16;20-11-3-1-10(2-4-11)7-12(26)8-14-16(17(24)27)13-5-6-25(9-15(13)29-14)18(28)19(21,22)23;1-2-3(4)5;;;;/h2*1-4H,5-11H2,(H2,22,26)(H2,23,27);1-4H,5-9H2,(H2,24,27);2H,1H2,(H2,4,5);1H4;3*1H/i;;;;;;1+1D;1+1. The Labute approximate surface area is 567 Å². The molecule has 0 saturated heterocycles. The van der Waals surface area contributed by atoms with Crippen LogP contribution in [0.15, 0.2) is 85.5 Å². The monoisotopic (exact) mass is 1410 g/mol. The Kier molecular flexibility index (Phi) is 29.2. The smallest absolute Gasteiger partial charge is 0.370 e. The zero-order valence-corrected chi connectivity index (χ0v) is 54.5. The van der Waals surface area contributed by atoms with Gasteiger partial charge in [-0.3, -0.25) is 57.7 Å². The highest BCUT2D eigenvalue weighted by Crippen LogP contribution is 2.37. The molecule has 3 aromatic heterocycles. The maximum atomic E-state index is 12.7. The molecule has 6 aromatic rings. The van der Waals surface area contributed by atoms with E-state index in [9.17, 15) is 61.1 Å². The van der Waals surface area contributed by atoms with Crippen LogP contribution in [0, 0.1) is 0 Å². The van der Waals surface area contributed by atoms with Crippen molar-refractivity contribution >= 4 is 140 Å². The highest BCUT2D eigenvalue weighted by Gasteiger charge is 2.44. The summed E-state index contributed by atoms with van der Waals surface area (Å²) in [5, 5.41) is 1.79. The van der Waals surface area contributed by atoms with E-state index in [0.717, 1.165) is 77.8 Å². The highest BCUT2D eigenvalue weighted by atomic mass is 35.5. The first-order chi connectivity index (χ1) is 43.5. The summed E-state index contributed by atoms with van der Waals surface area (Å²) in [7, 11) is 0. The second kappa shape index (κ2) is 35.6. The molecule has 92 heavy (non-hydrogen) atoms. The fourth-order valence-corrected chi connectivity index (χ4v) is 14.8. The molecule has 12 N–H and O–H groups in total. The predicted octanol–water partition coefficient (Wildman–Crippen LogP) is 8.69. The number of alkyl halides is 3. The normalized spacial score (nSPS) is 13.3. The van der Waals surface area contributed by atoms with E-state index in [1.807, 2.05) is 24.3 Å². The van der Waals surface area contributed by atoms with Crippen molar-refractivity contribution in [3.63, 3.8) is 0 Å². The van der Waals surface area contributed by atoms with Crippen LogP contribution in [-0.4, -0.2) is 112 Å². The van der Waals surface area contributed by atoms with Gasteiger partial charge >= 0.3 is 12.1 Å². The third kappa shape index (κ3) is 22.8. The van der Waals surface area contributed by atoms with Gasteiger partial charge in [0.05, 0.1) is 23.2 Å². The molecular formula is C63H74Cl4F3N9O10S3. The number of fused-ring (bicyclic) bond motifs is 3. The molecule has 498 valence electrons. The van der Waals surface area contributed by atoms with Gasteiger partial charge < -0.3 is 39.3 Å². The van der Waals surface area contributed by atoms with Gasteiger partial charge in [-0.05, 0) is 95.1 Å². The molecule has 0 unspecified atom stereocenters. The lowest BCUT2D eigenvalue weighted by molar-refractivity contribution is -0.186. The van der Waals surface area contributed by atoms with Crippen molar-refractivity contribution in [3.05, 3.63) is 180 Å². The number of rotatable bonds is 22. The number of nitrogens with zero attached hydrogens (tertiary/aromatic N) is 3. The van der Waals surface area contributed by atoms with Gasteiger partial charge in [-0.25, -0.2) is 0 Å². The molecule has 0 bridgehead atoms. The summed E-state index contributed by atoms with van der Waals surface area (Å²) in [5.74, 6) is -4.89. The van der Waals surface area contributed by atoms with E-state index in [1.54, 1.807) is 48.5 Å². The minimum absolute atomic E-state index is 0. The van der Waals surface area contributed by atoms with E-state index in [1.165, 1.54) is 22.7 Å². The summed E-state index contributed by atoms with van der Waals surface area (Å²) < 4.78 is 48.1. The molecule has 0 spiro atoms. The average molecular weight is 1420 g/mol. The van der Waals surface area contributed by atoms with Crippen LogP contribution in [0.25, 0.3) is 0 Å². The molecule has 9 rings (SSSR count). The Morgan fingerprint density at radius 3 is 1.04 bits per heavy atom. The number of primary amides is 6. The van der Waals surface area contributed by atoms with E-state index in [0.29, 0.717) is 98.3 Å². The fourth-order valence-electron chi connectivity index (χ4n) is 10.2. The molecule has 0 aliphatic carbocycles. The first-order valence-corrected chi connectivity index (χ1v) is 31.5. The number of Topliss-reactive ketones (excluding diaryl/α,β-unsaturated/α-hetero) is 3. The van der Waals surface area contributed by atoms with E-state index in [2.05, 4.69) is 22.1 Å². The Morgan fingerprint density at radius 1 is 0.500 bits per heavy atom. The van der Waals surface area contributed by atoms with Gasteiger partial charge in [-0.1, -0.05) is 85.2 Å². The van der Waals surface area contributed by atoms with Gasteiger partial charge in [0.1, 0.15) is 17.3 Å². The molecule has 7 amide bonds. The maximum absolute atomic E-state index is 12.7. The molecule has 0 radical (unpaired) electrons. The van der Waals surface area contributed by atoms with Gasteiger partial charge in [0, 0.05) is 146 Å². The topological polar surface area (TPSA) is 337 Å². The molecule has 0 atom stereocenters. The molecule has 0 saturated carbocycles. The maximum Gasteiger partial charge on any atom is 0.471 e. The molecule has 3 aliphatic rings. The van der Waals surface area contributed by atoms with E-state index in [4.69, 9.17) is 66.4 Å².